The highest BCUT2D eigenvalue weighted by Crippen LogP contribution is 2.34. The molecular weight excluding hydrogens is 434 g/mol. The van der Waals surface area contributed by atoms with E-state index in [1.807, 2.05) is 18.2 Å². The predicted molar refractivity (Wildman–Crippen MR) is 128 cm³/mol. The number of carbonyl (C=O) groups is 2. The van der Waals surface area contributed by atoms with E-state index in [1.54, 1.807) is 32.4 Å². The molecule has 0 saturated carbocycles. The number of carbonyl (C=O) groups excluding carboxylic acids is 2. The Bertz CT molecular complexity index is 1130. The minimum atomic E-state index is -0.684. The van der Waals surface area contributed by atoms with Crippen molar-refractivity contribution in [2.24, 2.45) is 0 Å². The van der Waals surface area contributed by atoms with Gasteiger partial charge in [-0.1, -0.05) is 42.5 Å². The van der Waals surface area contributed by atoms with Crippen LogP contribution in [0.15, 0.2) is 65.9 Å². The van der Waals surface area contributed by atoms with E-state index in [2.05, 4.69) is 33.7 Å². The zero-order valence-corrected chi connectivity index (χ0v) is 19.6. The number of hydrogen-bond donors (Lipinski definition) is 2. The Kier molecular flexibility index (Phi) is 7.18. The SMILES string of the molecule is COC(=O)C1=C(CN2CC=C(c3ccccc3)CC2)NC(=O)N[C@H]1c1ccc(OC)c(OC)c1. The Morgan fingerprint density at radius 1 is 1.06 bits per heavy atom. The summed E-state index contributed by atoms with van der Waals surface area (Å²) in [5, 5.41) is 5.68. The number of nitrogens with one attached hydrogen (secondary N) is 2. The van der Waals surface area contributed by atoms with Crippen molar-refractivity contribution in [2.45, 2.75) is 12.5 Å². The number of amides is 2. The highest BCUT2D eigenvalue weighted by Gasteiger charge is 2.34. The van der Waals surface area contributed by atoms with Crippen LogP contribution < -0.4 is 20.1 Å². The molecule has 34 heavy (non-hydrogen) atoms. The Labute approximate surface area is 199 Å². The first-order valence-corrected chi connectivity index (χ1v) is 11.1. The van der Waals surface area contributed by atoms with Crippen molar-refractivity contribution in [3.63, 3.8) is 0 Å². The lowest BCUT2D eigenvalue weighted by Gasteiger charge is -2.33. The molecule has 4 rings (SSSR count). The van der Waals surface area contributed by atoms with Crippen LogP contribution in [0.2, 0.25) is 0 Å². The maximum Gasteiger partial charge on any atom is 0.338 e. The summed E-state index contributed by atoms with van der Waals surface area (Å²) < 4.78 is 15.8. The molecule has 2 amide bonds. The molecule has 0 radical (unpaired) electrons. The van der Waals surface area contributed by atoms with Crippen LogP contribution in [0.4, 0.5) is 4.79 Å². The number of rotatable bonds is 7. The molecule has 0 unspecified atom stereocenters. The minimum Gasteiger partial charge on any atom is -0.493 e. The number of nitrogens with zero attached hydrogens (tertiary/aromatic N) is 1. The number of benzene rings is 2. The third-order valence-electron chi connectivity index (χ3n) is 6.12. The van der Waals surface area contributed by atoms with Gasteiger partial charge in [-0.2, -0.15) is 0 Å². The first kappa shape index (κ1) is 23.4. The van der Waals surface area contributed by atoms with Crippen LogP contribution in [-0.2, 0) is 9.53 Å². The second kappa shape index (κ2) is 10.4. The second-order valence-electron chi connectivity index (χ2n) is 8.11. The van der Waals surface area contributed by atoms with Gasteiger partial charge in [0.25, 0.3) is 0 Å². The van der Waals surface area contributed by atoms with Gasteiger partial charge in [0, 0.05) is 25.3 Å². The van der Waals surface area contributed by atoms with Crippen molar-refractivity contribution >= 4 is 17.6 Å². The fraction of sp³-hybridized carbons (Fsp3) is 0.308. The summed E-state index contributed by atoms with van der Waals surface area (Å²) in [7, 11) is 4.43. The third-order valence-corrected chi connectivity index (χ3v) is 6.12. The molecule has 2 aromatic rings. The first-order chi connectivity index (χ1) is 16.5. The quantitative estimate of drug-likeness (QED) is 0.613. The highest BCUT2D eigenvalue weighted by atomic mass is 16.5. The molecular formula is C26H29N3O5. The van der Waals surface area contributed by atoms with E-state index >= 15 is 0 Å². The summed E-state index contributed by atoms with van der Waals surface area (Å²) in [6.45, 7) is 1.94. The summed E-state index contributed by atoms with van der Waals surface area (Å²) in [5.41, 5.74) is 4.12. The van der Waals surface area contributed by atoms with Crippen molar-refractivity contribution in [2.75, 3.05) is 41.0 Å². The lowest BCUT2D eigenvalue weighted by molar-refractivity contribution is -0.136. The molecule has 2 aromatic carbocycles. The van der Waals surface area contributed by atoms with E-state index in [1.165, 1.54) is 18.2 Å². The molecule has 178 valence electrons. The topological polar surface area (TPSA) is 89.1 Å². The van der Waals surface area contributed by atoms with E-state index < -0.39 is 12.0 Å². The number of ether oxygens (including phenoxy) is 3. The monoisotopic (exact) mass is 463 g/mol. The van der Waals surface area contributed by atoms with Crippen molar-refractivity contribution in [3.8, 4) is 11.5 Å². The molecule has 1 atom stereocenters. The molecule has 0 spiro atoms. The van der Waals surface area contributed by atoms with Crippen molar-refractivity contribution in [3.05, 3.63) is 77.0 Å². The average Bonchev–Trinajstić information content (AvgIpc) is 2.88. The largest absolute Gasteiger partial charge is 0.493 e. The molecule has 0 aromatic heterocycles. The zero-order valence-electron chi connectivity index (χ0n) is 19.6. The van der Waals surface area contributed by atoms with Gasteiger partial charge in [-0.05, 0) is 35.3 Å². The van der Waals surface area contributed by atoms with Gasteiger partial charge in [0.2, 0.25) is 0 Å². The van der Waals surface area contributed by atoms with Crippen molar-refractivity contribution < 1.29 is 23.8 Å². The number of hydrogen-bond acceptors (Lipinski definition) is 6. The van der Waals surface area contributed by atoms with Crippen molar-refractivity contribution in [1.29, 1.82) is 0 Å². The van der Waals surface area contributed by atoms with Crippen LogP contribution in [0.1, 0.15) is 23.6 Å². The van der Waals surface area contributed by atoms with Gasteiger partial charge in [0.1, 0.15) is 0 Å². The van der Waals surface area contributed by atoms with Gasteiger partial charge in [0.05, 0.1) is 32.9 Å². The molecule has 2 aliphatic rings. The average molecular weight is 464 g/mol. The summed E-state index contributed by atoms with van der Waals surface area (Å²) in [6.07, 6.45) is 3.09. The normalized spacial score (nSPS) is 18.5. The summed E-state index contributed by atoms with van der Waals surface area (Å²) in [4.78, 5) is 27.6. The molecule has 0 fully saturated rings. The van der Waals surface area contributed by atoms with Gasteiger partial charge in [-0.25, -0.2) is 9.59 Å². The van der Waals surface area contributed by atoms with Crippen LogP contribution in [0.5, 0.6) is 11.5 Å². The van der Waals surface area contributed by atoms with Crippen molar-refractivity contribution in [1.82, 2.24) is 15.5 Å². The molecule has 0 saturated heterocycles. The van der Waals surface area contributed by atoms with E-state index in [0.717, 1.165) is 13.0 Å². The molecule has 0 bridgehead atoms. The second-order valence-corrected chi connectivity index (χ2v) is 8.11. The fourth-order valence-electron chi connectivity index (χ4n) is 4.37. The molecule has 2 N–H and O–H groups in total. The molecule has 8 heteroatoms. The van der Waals surface area contributed by atoms with Crippen LogP contribution in [0.3, 0.4) is 0 Å². The Morgan fingerprint density at radius 2 is 1.82 bits per heavy atom. The lowest BCUT2D eigenvalue weighted by atomic mass is 9.94. The molecule has 2 heterocycles. The Morgan fingerprint density at radius 3 is 2.47 bits per heavy atom. The van der Waals surface area contributed by atoms with Crippen LogP contribution in [0.25, 0.3) is 5.57 Å². The Hall–Kier alpha value is -3.78. The van der Waals surface area contributed by atoms with E-state index in [0.29, 0.717) is 41.4 Å². The van der Waals surface area contributed by atoms with Crippen LogP contribution >= 0.6 is 0 Å². The zero-order chi connectivity index (χ0) is 24.1. The van der Waals surface area contributed by atoms with E-state index in [9.17, 15) is 9.59 Å². The fourth-order valence-corrected chi connectivity index (χ4v) is 4.37. The van der Waals surface area contributed by atoms with Crippen LogP contribution in [-0.4, -0.2) is 57.9 Å². The summed E-state index contributed by atoms with van der Waals surface area (Å²) in [5.74, 6) is 0.567. The summed E-state index contributed by atoms with van der Waals surface area (Å²) >= 11 is 0. The number of methoxy groups -OCH3 is 3. The van der Waals surface area contributed by atoms with Gasteiger partial charge in [-0.15, -0.1) is 0 Å². The standard InChI is InChI=1S/C26H29N3O5/c1-32-21-10-9-19(15-22(21)33-2)24-23(25(30)34-3)20(27-26(31)28-24)16-29-13-11-18(12-14-29)17-7-5-4-6-8-17/h4-11,15,24H,12-14,16H2,1-3H3,(H2,27,28,31)/t24-/m0/s1. The van der Waals surface area contributed by atoms with Gasteiger partial charge < -0.3 is 24.8 Å². The molecule has 2 aliphatic heterocycles. The maximum absolute atomic E-state index is 12.9. The summed E-state index contributed by atoms with van der Waals surface area (Å²) in [6, 6.07) is 14.5. The van der Waals surface area contributed by atoms with E-state index in [-0.39, 0.29) is 6.03 Å². The lowest BCUT2D eigenvalue weighted by Crippen LogP contribution is -2.48. The highest BCUT2D eigenvalue weighted by molar-refractivity contribution is 5.95. The smallest absolute Gasteiger partial charge is 0.338 e. The molecule has 8 nitrogen and oxygen atoms in total. The Balaban J connectivity index is 1.63. The minimum absolute atomic E-state index is 0.368. The third kappa shape index (κ3) is 4.92. The molecule has 0 aliphatic carbocycles. The van der Waals surface area contributed by atoms with Gasteiger partial charge in [-0.3, -0.25) is 4.90 Å². The van der Waals surface area contributed by atoms with Gasteiger partial charge in [0.15, 0.2) is 11.5 Å². The van der Waals surface area contributed by atoms with Gasteiger partial charge >= 0.3 is 12.0 Å². The predicted octanol–water partition coefficient (Wildman–Crippen LogP) is 3.27. The van der Waals surface area contributed by atoms with Crippen LogP contribution in [0, 0.1) is 0 Å². The number of esters is 1. The van der Waals surface area contributed by atoms with E-state index in [4.69, 9.17) is 14.2 Å². The number of urea groups is 1. The first-order valence-electron chi connectivity index (χ1n) is 11.1. The maximum atomic E-state index is 12.9.